The van der Waals surface area contributed by atoms with Crippen molar-refractivity contribution in [3.05, 3.63) is 47.0 Å². The summed E-state index contributed by atoms with van der Waals surface area (Å²) >= 11 is 6.06. The van der Waals surface area contributed by atoms with Gasteiger partial charge in [-0.15, -0.1) is 0 Å². The molecule has 0 radical (unpaired) electrons. The molecule has 7 heteroatoms. The van der Waals surface area contributed by atoms with E-state index < -0.39 is 17.9 Å². The molecule has 0 amide bonds. The van der Waals surface area contributed by atoms with Gasteiger partial charge in [0.25, 0.3) is 0 Å². The van der Waals surface area contributed by atoms with Gasteiger partial charge in [0.1, 0.15) is 6.10 Å². The van der Waals surface area contributed by atoms with Gasteiger partial charge in [-0.25, -0.2) is 0 Å². The molecule has 4 unspecified atom stereocenters. The van der Waals surface area contributed by atoms with E-state index in [1.54, 1.807) is 6.92 Å². The molecule has 4 atom stereocenters. The molecule has 2 saturated heterocycles. The number of benzene rings is 1. The van der Waals surface area contributed by atoms with Crippen LogP contribution in [0.1, 0.15) is 18.9 Å². The summed E-state index contributed by atoms with van der Waals surface area (Å²) in [6.07, 6.45) is 0.543. The molecular weight excluding hydrogens is 394 g/mol. The Morgan fingerprint density at radius 2 is 2.03 bits per heavy atom. The number of hydrogen-bond donors (Lipinski definition) is 1. The number of carbonyl (C=O) groups is 2. The van der Waals surface area contributed by atoms with Crippen LogP contribution in [-0.4, -0.2) is 56.9 Å². The number of carbonyl (C=O) groups excluding carboxylic acids is 2. The van der Waals surface area contributed by atoms with Crippen LogP contribution in [0.3, 0.4) is 0 Å². The minimum Gasteiger partial charge on any atom is -0.466 e. The van der Waals surface area contributed by atoms with Crippen LogP contribution >= 0.6 is 11.6 Å². The minimum absolute atomic E-state index is 0.159. The van der Waals surface area contributed by atoms with E-state index >= 15 is 0 Å². The lowest BCUT2D eigenvalue weighted by Gasteiger charge is -2.34. The van der Waals surface area contributed by atoms with Gasteiger partial charge < -0.3 is 19.5 Å². The Morgan fingerprint density at radius 1 is 1.24 bits per heavy atom. The summed E-state index contributed by atoms with van der Waals surface area (Å²) in [5, 5.41) is 3.17. The highest BCUT2D eigenvalue weighted by Gasteiger charge is 2.40. The van der Waals surface area contributed by atoms with E-state index in [2.05, 4.69) is 5.32 Å². The first-order valence-electron chi connectivity index (χ1n) is 10.1. The van der Waals surface area contributed by atoms with Crippen LogP contribution in [0, 0.1) is 11.8 Å². The van der Waals surface area contributed by atoms with Crippen LogP contribution < -0.4 is 5.32 Å². The van der Waals surface area contributed by atoms with Crippen LogP contribution in [0.5, 0.6) is 0 Å². The second kappa shape index (κ2) is 10.9. The molecule has 0 bridgehead atoms. The maximum absolute atomic E-state index is 13.3. The lowest BCUT2D eigenvalue weighted by molar-refractivity contribution is -0.153. The first-order chi connectivity index (χ1) is 14.1. The molecule has 2 aliphatic heterocycles. The summed E-state index contributed by atoms with van der Waals surface area (Å²) in [7, 11) is 0. The summed E-state index contributed by atoms with van der Waals surface area (Å²) in [4.78, 5) is 25.6. The summed E-state index contributed by atoms with van der Waals surface area (Å²) in [6.45, 7) is 3.87. The molecule has 6 nitrogen and oxygen atoms in total. The van der Waals surface area contributed by atoms with E-state index in [0.29, 0.717) is 38.1 Å². The third-order valence-corrected chi connectivity index (χ3v) is 5.63. The lowest BCUT2D eigenvalue weighted by atomic mass is 9.80. The van der Waals surface area contributed by atoms with Crippen molar-refractivity contribution < 1.29 is 23.8 Å². The monoisotopic (exact) mass is 421 g/mol. The molecule has 1 N–H and O–H groups in total. The second-order valence-corrected chi connectivity index (χ2v) is 7.58. The molecule has 2 aliphatic rings. The smallest absolute Gasteiger partial charge is 0.310 e. The number of ketones is 1. The predicted molar refractivity (Wildman–Crippen MR) is 110 cm³/mol. The zero-order chi connectivity index (χ0) is 20.6. The fourth-order valence-corrected chi connectivity index (χ4v) is 4.18. The number of rotatable bonds is 7. The van der Waals surface area contributed by atoms with Crippen molar-refractivity contribution in [2.75, 3.05) is 32.9 Å². The maximum Gasteiger partial charge on any atom is 0.310 e. The van der Waals surface area contributed by atoms with Crippen LogP contribution in [0.15, 0.2) is 41.4 Å². The molecule has 1 aromatic rings. The number of hydrogen-bond acceptors (Lipinski definition) is 6. The first-order valence-corrected chi connectivity index (χ1v) is 10.6. The highest BCUT2D eigenvalue weighted by atomic mass is 35.5. The summed E-state index contributed by atoms with van der Waals surface area (Å²) < 4.78 is 17.1. The molecular formula is C22H28ClNO5. The lowest BCUT2D eigenvalue weighted by Crippen LogP contribution is -2.47. The SMILES string of the molecule is CCOC(=O)C1CNCCC1C(=O)/C(=C/Cl)C1COCC(Cc2ccccc2)O1. The molecule has 0 aromatic heterocycles. The minimum atomic E-state index is -0.541. The molecule has 3 rings (SSSR count). The van der Waals surface area contributed by atoms with Crippen molar-refractivity contribution >= 4 is 23.4 Å². The normalized spacial score (nSPS) is 28.0. The highest BCUT2D eigenvalue weighted by molar-refractivity contribution is 6.28. The Labute approximate surface area is 176 Å². The van der Waals surface area contributed by atoms with E-state index in [1.807, 2.05) is 30.3 Å². The maximum atomic E-state index is 13.3. The topological polar surface area (TPSA) is 73.9 Å². The second-order valence-electron chi connectivity index (χ2n) is 7.36. The molecule has 29 heavy (non-hydrogen) atoms. The zero-order valence-corrected chi connectivity index (χ0v) is 17.4. The van der Waals surface area contributed by atoms with Crippen molar-refractivity contribution in [3.63, 3.8) is 0 Å². The van der Waals surface area contributed by atoms with Gasteiger partial charge in [0.2, 0.25) is 0 Å². The van der Waals surface area contributed by atoms with Crippen molar-refractivity contribution in [2.45, 2.75) is 32.0 Å². The van der Waals surface area contributed by atoms with Crippen molar-refractivity contribution in [1.29, 1.82) is 0 Å². The van der Waals surface area contributed by atoms with Crippen molar-refractivity contribution in [3.8, 4) is 0 Å². The van der Waals surface area contributed by atoms with Gasteiger partial charge in [-0.3, -0.25) is 9.59 Å². The van der Waals surface area contributed by atoms with Crippen LogP contribution in [0.4, 0.5) is 0 Å². The van der Waals surface area contributed by atoms with E-state index in [-0.39, 0.29) is 31.1 Å². The molecule has 1 aromatic carbocycles. The fraction of sp³-hybridized carbons (Fsp3) is 0.545. The number of Topliss-reactive ketones (excluding diaryl/α,β-unsaturated/α-hetero) is 1. The molecule has 2 heterocycles. The number of esters is 1. The van der Waals surface area contributed by atoms with E-state index in [0.717, 1.165) is 5.56 Å². The molecule has 0 aliphatic carbocycles. The molecule has 0 saturated carbocycles. The van der Waals surface area contributed by atoms with Gasteiger partial charge in [0.05, 0.1) is 31.8 Å². The summed E-state index contributed by atoms with van der Waals surface area (Å²) in [6, 6.07) is 10.0. The van der Waals surface area contributed by atoms with Gasteiger partial charge in [-0.1, -0.05) is 41.9 Å². The largest absolute Gasteiger partial charge is 0.466 e. The summed E-state index contributed by atoms with van der Waals surface area (Å²) in [5.74, 6) is -1.51. The first kappa shape index (κ1) is 22.0. The van der Waals surface area contributed by atoms with Crippen LogP contribution in [0.25, 0.3) is 0 Å². The molecule has 158 valence electrons. The van der Waals surface area contributed by atoms with Crippen molar-refractivity contribution in [1.82, 2.24) is 5.32 Å². The van der Waals surface area contributed by atoms with Gasteiger partial charge in [0.15, 0.2) is 5.78 Å². The van der Waals surface area contributed by atoms with Gasteiger partial charge in [-0.05, 0) is 25.5 Å². The standard InChI is InChI=1S/C22H28ClNO5/c1-2-28-22(26)19-12-24-9-8-17(19)21(25)18(11-23)20-14-27-13-16(29-20)10-15-6-4-3-5-7-15/h3-7,11,16-17,19-20,24H,2,8-10,12-14H2,1H3/b18-11+. The Morgan fingerprint density at radius 3 is 2.76 bits per heavy atom. The quantitative estimate of drug-likeness (QED) is 0.538. The third-order valence-electron chi connectivity index (χ3n) is 5.39. The van der Waals surface area contributed by atoms with Crippen molar-refractivity contribution in [2.24, 2.45) is 11.8 Å². The molecule has 2 fully saturated rings. The van der Waals surface area contributed by atoms with Crippen LogP contribution in [-0.2, 0) is 30.2 Å². The van der Waals surface area contributed by atoms with Gasteiger partial charge in [0, 0.05) is 30.0 Å². The van der Waals surface area contributed by atoms with E-state index in [1.165, 1.54) is 5.54 Å². The highest BCUT2D eigenvalue weighted by Crippen LogP contribution is 2.29. The Hall–Kier alpha value is -1.73. The van der Waals surface area contributed by atoms with E-state index in [9.17, 15) is 9.59 Å². The number of nitrogens with one attached hydrogen (secondary N) is 1. The Balaban J connectivity index is 1.68. The number of ether oxygens (including phenoxy) is 3. The molecule has 0 spiro atoms. The van der Waals surface area contributed by atoms with Gasteiger partial charge >= 0.3 is 5.97 Å². The van der Waals surface area contributed by atoms with Crippen LogP contribution in [0.2, 0.25) is 0 Å². The third kappa shape index (κ3) is 5.66. The fourth-order valence-electron chi connectivity index (χ4n) is 3.93. The van der Waals surface area contributed by atoms with Gasteiger partial charge in [-0.2, -0.15) is 0 Å². The Kier molecular flexibility index (Phi) is 8.24. The summed E-state index contributed by atoms with van der Waals surface area (Å²) in [5.41, 5.74) is 2.79. The average molecular weight is 422 g/mol. The number of piperidine rings is 1. The zero-order valence-electron chi connectivity index (χ0n) is 16.6. The number of halogens is 1. The predicted octanol–water partition coefficient (Wildman–Crippen LogP) is 2.49. The Bertz CT molecular complexity index is 723. The average Bonchev–Trinajstić information content (AvgIpc) is 2.75. The van der Waals surface area contributed by atoms with E-state index in [4.69, 9.17) is 25.8 Å².